The fourth-order valence-corrected chi connectivity index (χ4v) is 8.26. The SMILES string of the molecule is CCC1(CC)CCC(F)/C=N\C(C(C(=O)NC2CNCCC2N2CCN(S(=O)(=O)C3COC3)CC2)C(N)N)C1. The minimum Gasteiger partial charge on any atom is -0.378 e. The van der Waals surface area contributed by atoms with E-state index in [0.717, 1.165) is 32.2 Å². The Morgan fingerprint density at radius 2 is 1.90 bits per heavy atom. The minimum absolute atomic E-state index is 0.0585. The van der Waals surface area contributed by atoms with Gasteiger partial charge in [0.05, 0.1) is 37.4 Å². The van der Waals surface area contributed by atoms with Crippen LogP contribution in [-0.4, -0.2) is 118 Å². The van der Waals surface area contributed by atoms with E-state index in [9.17, 15) is 17.6 Å². The van der Waals surface area contributed by atoms with Crippen LogP contribution in [0, 0.1) is 11.3 Å². The van der Waals surface area contributed by atoms with Crippen molar-refractivity contribution in [3.8, 4) is 0 Å². The largest absolute Gasteiger partial charge is 0.378 e. The molecule has 0 aromatic rings. The van der Waals surface area contributed by atoms with Crippen LogP contribution < -0.4 is 22.1 Å². The molecule has 3 saturated heterocycles. The number of rotatable bonds is 9. The van der Waals surface area contributed by atoms with Crippen molar-refractivity contribution >= 4 is 22.1 Å². The Hall–Kier alpha value is -1.22. The standard InChI is InChI=1S/C26H48FN7O4S/c1-3-26(4-2)7-5-18(27)14-31-20(13-26)23(24(28)29)25(35)32-21-15-30-8-6-22(21)33-9-11-34(12-10-33)39(36,37)19-16-38-17-19/h14,18-24,30H,3-13,15-17,28-29H2,1-2H3,(H,32,35)/b31-14-. The van der Waals surface area contributed by atoms with Crippen molar-refractivity contribution in [2.75, 3.05) is 52.5 Å². The van der Waals surface area contributed by atoms with Gasteiger partial charge in [-0.2, -0.15) is 4.31 Å². The van der Waals surface area contributed by atoms with Crippen molar-refractivity contribution in [1.82, 2.24) is 19.8 Å². The summed E-state index contributed by atoms with van der Waals surface area (Å²) in [7, 11) is -3.34. The monoisotopic (exact) mass is 573 g/mol. The Morgan fingerprint density at radius 1 is 1.21 bits per heavy atom. The van der Waals surface area contributed by atoms with E-state index in [1.807, 2.05) is 0 Å². The van der Waals surface area contributed by atoms with Gasteiger partial charge in [-0.1, -0.05) is 26.7 Å². The zero-order chi connectivity index (χ0) is 28.2. The molecule has 4 rings (SSSR count). The first-order valence-corrected chi connectivity index (χ1v) is 16.1. The highest BCUT2D eigenvalue weighted by Crippen LogP contribution is 2.41. The fourth-order valence-electron chi connectivity index (χ4n) is 6.63. The van der Waals surface area contributed by atoms with Crippen molar-refractivity contribution in [2.45, 2.75) is 88.1 Å². The van der Waals surface area contributed by atoms with Crippen LogP contribution in [0.1, 0.15) is 52.4 Å². The van der Waals surface area contributed by atoms with Crippen molar-refractivity contribution in [1.29, 1.82) is 0 Å². The molecule has 0 radical (unpaired) electrons. The number of amides is 1. The third kappa shape index (κ3) is 6.99. The Kier molecular flexibility index (Phi) is 10.4. The van der Waals surface area contributed by atoms with Gasteiger partial charge in [0, 0.05) is 45.0 Å². The summed E-state index contributed by atoms with van der Waals surface area (Å²) < 4.78 is 46.8. The molecule has 0 bridgehead atoms. The fraction of sp³-hybridized carbons (Fsp3) is 0.923. The van der Waals surface area contributed by atoms with Crippen LogP contribution in [0.5, 0.6) is 0 Å². The lowest BCUT2D eigenvalue weighted by Crippen LogP contribution is -2.65. The Morgan fingerprint density at radius 3 is 2.49 bits per heavy atom. The van der Waals surface area contributed by atoms with E-state index in [2.05, 4.69) is 34.4 Å². The smallest absolute Gasteiger partial charge is 0.228 e. The highest BCUT2D eigenvalue weighted by Gasteiger charge is 2.43. The van der Waals surface area contributed by atoms with Gasteiger partial charge in [-0.3, -0.25) is 14.7 Å². The quantitative estimate of drug-likeness (QED) is 0.277. The van der Waals surface area contributed by atoms with E-state index in [4.69, 9.17) is 16.2 Å². The molecule has 3 fully saturated rings. The van der Waals surface area contributed by atoms with Gasteiger partial charge >= 0.3 is 0 Å². The maximum absolute atomic E-state index is 14.5. The number of hydrogen-bond acceptors (Lipinski definition) is 9. The van der Waals surface area contributed by atoms with Crippen LogP contribution in [0.15, 0.2) is 4.99 Å². The average molecular weight is 574 g/mol. The number of halogens is 1. The number of nitrogens with zero attached hydrogens (tertiary/aromatic N) is 3. The molecule has 4 aliphatic rings. The molecule has 0 saturated carbocycles. The number of sulfonamides is 1. The first kappa shape index (κ1) is 30.7. The van der Waals surface area contributed by atoms with Crippen LogP contribution in [0.25, 0.3) is 0 Å². The third-order valence-corrected chi connectivity index (χ3v) is 11.8. The number of ether oxygens (including phenoxy) is 1. The summed E-state index contributed by atoms with van der Waals surface area (Å²) in [6, 6.07) is -0.630. The van der Waals surface area contributed by atoms with Gasteiger partial charge in [0.1, 0.15) is 11.4 Å². The second kappa shape index (κ2) is 13.2. The highest BCUT2D eigenvalue weighted by atomic mass is 32.2. The zero-order valence-corrected chi connectivity index (χ0v) is 24.3. The van der Waals surface area contributed by atoms with Crippen molar-refractivity contribution < 1.29 is 22.3 Å². The Bertz CT molecular complexity index is 952. The molecule has 5 atom stereocenters. The predicted octanol–water partition coefficient (Wildman–Crippen LogP) is -0.193. The summed E-state index contributed by atoms with van der Waals surface area (Å²) in [6.45, 7) is 8.22. The molecule has 0 aromatic carbocycles. The predicted molar refractivity (Wildman–Crippen MR) is 150 cm³/mol. The van der Waals surface area contributed by atoms with Crippen LogP contribution in [0.4, 0.5) is 4.39 Å². The number of carbonyl (C=O) groups excluding carboxylic acids is 1. The Balaban J connectivity index is 1.44. The molecular weight excluding hydrogens is 525 g/mol. The average Bonchev–Trinajstić information content (AvgIpc) is 2.87. The van der Waals surface area contributed by atoms with Gasteiger partial charge in [0.15, 0.2) is 0 Å². The molecular formula is C26H48FN7O4S. The highest BCUT2D eigenvalue weighted by molar-refractivity contribution is 7.89. The summed E-state index contributed by atoms with van der Waals surface area (Å²) in [5, 5.41) is 6.15. The maximum Gasteiger partial charge on any atom is 0.228 e. The maximum atomic E-state index is 14.5. The summed E-state index contributed by atoms with van der Waals surface area (Å²) in [6.07, 6.45) is 3.64. The number of carbonyl (C=O) groups is 1. The van der Waals surface area contributed by atoms with Gasteiger partial charge in [-0.05, 0) is 37.6 Å². The number of hydrogen-bond donors (Lipinski definition) is 4. The molecule has 4 heterocycles. The van der Waals surface area contributed by atoms with Crippen molar-refractivity contribution in [2.24, 2.45) is 27.8 Å². The minimum atomic E-state index is -3.34. The molecule has 39 heavy (non-hydrogen) atoms. The molecule has 6 N–H and O–H groups in total. The molecule has 224 valence electrons. The lowest BCUT2D eigenvalue weighted by molar-refractivity contribution is -0.128. The summed E-state index contributed by atoms with van der Waals surface area (Å²) in [5.74, 6) is -1.03. The van der Waals surface area contributed by atoms with Crippen LogP contribution in [0.3, 0.4) is 0 Å². The van der Waals surface area contributed by atoms with Gasteiger partial charge in [-0.25, -0.2) is 12.8 Å². The number of piperazine rings is 1. The summed E-state index contributed by atoms with van der Waals surface area (Å²) in [4.78, 5) is 20.6. The number of nitrogens with one attached hydrogen (secondary N) is 2. The van der Waals surface area contributed by atoms with Gasteiger partial charge in [-0.15, -0.1) is 0 Å². The molecule has 4 aliphatic heterocycles. The zero-order valence-electron chi connectivity index (χ0n) is 23.4. The van der Waals surface area contributed by atoms with Gasteiger partial charge in [0.25, 0.3) is 0 Å². The van der Waals surface area contributed by atoms with Crippen molar-refractivity contribution in [3.63, 3.8) is 0 Å². The topological polar surface area (TPSA) is 155 Å². The first-order valence-electron chi connectivity index (χ1n) is 14.6. The summed E-state index contributed by atoms with van der Waals surface area (Å²) >= 11 is 0. The molecule has 0 aromatic heterocycles. The van der Waals surface area contributed by atoms with E-state index < -0.39 is 39.6 Å². The van der Waals surface area contributed by atoms with Gasteiger partial charge in [0.2, 0.25) is 15.9 Å². The molecule has 5 unspecified atom stereocenters. The lowest BCUT2D eigenvalue weighted by Gasteiger charge is -2.45. The second-order valence-electron chi connectivity index (χ2n) is 11.7. The molecule has 11 nitrogen and oxygen atoms in total. The van der Waals surface area contributed by atoms with Crippen LogP contribution in [-0.2, 0) is 19.6 Å². The van der Waals surface area contributed by atoms with E-state index in [1.165, 1.54) is 6.21 Å². The van der Waals surface area contributed by atoms with Gasteiger partial charge < -0.3 is 26.8 Å². The number of aliphatic imine (C=N–C) groups is 1. The Labute approximate surface area is 232 Å². The first-order chi connectivity index (χ1) is 18.6. The van der Waals surface area contributed by atoms with E-state index >= 15 is 0 Å². The second-order valence-corrected chi connectivity index (χ2v) is 14.0. The number of piperidine rings is 1. The van der Waals surface area contributed by atoms with E-state index in [-0.39, 0.29) is 36.6 Å². The molecule has 1 amide bonds. The molecule has 0 aliphatic carbocycles. The molecule has 13 heteroatoms. The third-order valence-electron chi connectivity index (χ3n) is 9.57. The number of alkyl halides is 1. The van der Waals surface area contributed by atoms with Crippen LogP contribution in [0.2, 0.25) is 0 Å². The number of nitrogens with two attached hydrogens (primary N) is 2. The van der Waals surface area contributed by atoms with E-state index in [1.54, 1.807) is 4.31 Å². The summed E-state index contributed by atoms with van der Waals surface area (Å²) in [5.41, 5.74) is 12.3. The lowest BCUT2D eigenvalue weighted by atomic mass is 9.70. The van der Waals surface area contributed by atoms with E-state index in [0.29, 0.717) is 45.6 Å². The normalized spacial score (nSPS) is 33.1. The van der Waals surface area contributed by atoms with Crippen molar-refractivity contribution in [3.05, 3.63) is 0 Å². The van der Waals surface area contributed by atoms with Crippen LogP contribution >= 0.6 is 0 Å². The molecule has 0 spiro atoms.